The molecule has 0 spiro atoms. The van der Waals surface area contributed by atoms with Crippen molar-refractivity contribution in [2.75, 3.05) is 35.6 Å². The van der Waals surface area contributed by atoms with Crippen molar-refractivity contribution in [2.45, 2.75) is 13.8 Å². The highest BCUT2D eigenvalue weighted by molar-refractivity contribution is 9.10. The molecule has 3 N–H and O–H groups in total. The molecular weight excluding hydrogens is 424 g/mol. The van der Waals surface area contributed by atoms with Crippen LogP contribution in [0.4, 0.5) is 17.1 Å². The van der Waals surface area contributed by atoms with Crippen molar-refractivity contribution in [3.8, 4) is 0 Å². The fourth-order valence-corrected chi connectivity index (χ4v) is 2.86. The largest absolute Gasteiger partial charge is 0.326 e. The van der Waals surface area contributed by atoms with Crippen LogP contribution in [0.5, 0.6) is 0 Å². The molecule has 28 heavy (non-hydrogen) atoms. The van der Waals surface area contributed by atoms with Crippen molar-refractivity contribution >= 4 is 50.7 Å². The van der Waals surface area contributed by atoms with E-state index in [-0.39, 0.29) is 30.8 Å². The first-order valence-corrected chi connectivity index (χ1v) is 9.61. The average molecular weight is 447 g/mol. The molecule has 0 atom stereocenters. The molecule has 0 saturated carbocycles. The summed E-state index contributed by atoms with van der Waals surface area (Å²) in [6.07, 6.45) is 0. The van der Waals surface area contributed by atoms with E-state index in [2.05, 4.69) is 31.9 Å². The highest BCUT2D eigenvalue weighted by atomic mass is 79.9. The predicted octanol–water partition coefficient (Wildman–Crippen LogP) is 3.31. The number of para-hydroxylation sites is 1. The number of benzene rings is 2. The number of amides is 3. The fraction of sp³-hybridized carbons (Fsp3) is 0.250. The average Bonchev–Trinajstić information content (AvgIpc) is 2.64. The summed E-state index contributed by atoms with van der Waals surface area (Å²) < 4.78 is 0.798. The Hall–Kier alpha value is -2.71. The molecule has 0 aliphatic carbocycles. The number of hydrogen-bond donors (Lipinski definition) is 3. The van der Waals surface area contributed by atoms with Crippen molar-refractivity contribution in [1.82, 2.24) is 4.90 Å². The molecule has 0 fully saturated rings. The van der Waals surface area contributed by atoms with Crippen molar-refractivity contribution in [2.24, 2.45) is 0 Å². The van der Waals surface area contributed by atoms with Gasteiger partial charge in [0.15, 0.2) is 0 Å². The van der Waals surface area contributed by atoms with Crippen LogP contribution in [0.25, 0.3) is 0 Å². The molecule has 0 aliphatic rings. The number of carbonyl (C=O) groups excluding carboxylic acids is 3. The summed E-state index contributed by atoms with van der Waals surface area (Å²) in [5.74, 6) is -0.569. The Kier molecular flexibility index (Phi) is 8.16. The van der Waals surface area contributed by atoms with E-state index >= 15 is 0 Å². The van der Waals surface area contributed by atoms with Gasteiger partial charge in [0.1, 0.15) is 0 Å². The van der Waals surface area contributed by atoms with Gasteiger partial charge in [-0.05, 0) is 58.9 Å². The maximum atomic E-state index is 12.3. The molecule has 2 aromatic carbocycles. The highest BCUT2D eigenvalue weighted by Gasteiger charge is 2.14. The lowest BCUT2D eigenvalue weighted by molar-refractivity contribution is -0.120. The van der Waals surface area contributed by atoms with E-state index in [4.69, 9.17) is 0 Å². The van der Waals surface area contributed by atoms with E-state index in [1.165, 1.54) is 6.92 Å². The van der Waals surface area contributed by atoms with Crippen molar-refractivity contribution in [3.05, 3.63) is 53.0 Å². The van der Waals surface area contributed by atoms with Crippen LogP contribution in [-0.4, -0.2) is 42.3 Å². The molecular formula is C20H23BrN4O3. The fourth-order valence-electron chi connectivity index (χ4n) is 2.48. The minimum Gasteiger partial charge on any atom is -0.326 e. The number of nitrogens with zero attached hydrogens (tertiary/aromatic N) is 1. The standard InChI is InChI=1S/C20H23BrN4O3/c1-3-25(13-20(28)24-18-7-5-4-6-17(18)21)12-19(27)23-16-10-8-15(9-11-16)22-14(2)26/h4-11H,3,12-13H2,1-2H3,(H,22,26)(H,23,27)(H,24,28). The maximum absolute atomic E-state index is 12.3. The molecule has 2 rings (SSSR count). The minimum absolute atomic E-state index is 0.0906. The second-order valence-corrected chi connectivity index (χ2v) is 6.99. The van der Waals surface area contributed by atoms with Gasteiger partial charge >= 0.3 is 0 Å². The third-order valence-electron chi connectivity index (χ3n) is 3.82. The number of hydrogen-bond acceptors (Lipinski definition) is 4. The van der Waals surface area contributed by atoms with Crippen LogP contribution in [0.15, 0.2) is 53.0 Å². The van der Waals surface area contributed by atoms with Crippen LogP contribution in [0.1, 0.15) is 13.8 Å². The lowest BCUT2D eigenvalue weighted by Crippen LogP contribution is -2.38. The third-order valence-corrected chi connectivity index (χ3v) is 4.51. The molecule has 8 heteroatoms. The van der Waals surface area contributed by atoms with Crippen LogP contribution < -0.4 is 16.0 Å². The van der Waals surface area contributed by atoms with Gasteiger partial charge in [-0.2, -0.15) is 0 Å². The number of rotatable bonds is 8. The number of nitrogens with one attached hydrogen (secondary N) is 3. The molecule has 2 aromatic rings. The number of carbonyl (C=O) groups is 3. The Labute approximate surface area is 172 Å². The molecule has 0 radical (unpaired) electrons. The quantitative estimate of drug-likeness (QED) is 0.579. The summed E-state index contributed by atoms with van der Waals surface area (Å²) in [6.45, 7) is 4.07. The van der Waals surface area contributed by atoms with Crippen molar-refractivity contribution < 1.29 is 14.4 Å². The van der Waals surface area contributed by atoms with E-state index in [9.17, 15) is 14.4 Å². The van der Waals surface area contributed by atoms with Gasteiger partial charge in [-0.3, -0.25) is 19.3 Å². The zero-order chi connectivity index (χ0) is 20.5. The first-order chi connectivity index (χ1) is 13.4. The van der Waals surface area contributed by atoms with Crippen molar-refractivity contribution in [1.29, 1.82) is 0 Å². The molecule has 0 unspecified atom stereocenters. The van der Waals surface area contributed by atoms with Crippen molar-refractivity contribution in [3.63, 3.8) is 0 Å². The molecule has 3 amide bonds. The van der Waals surface area contributed by atoms with Gasteiger partial charge in [-0.1, -0.05) is 19.1 Å². The lowest BCUT2D eigenvalue weighted by atomic mass is 10.2. The Morgan fingerprint density at radius 2 is 1.39 bits per heavy atom. The second-order valence-electron chi connectivity index (χ2n) is 6.14. The first kappa shape index (κ1) is 21.6. The Balaban J connectivity index is 1.86. The zero-order valence-corrected chi connectivity index (χ0v) is 17.4. The van der Waals surface area contributed by atoms with Crippen LogP contribution in [0.3, 0.4) is 0 Å². The summed E-state index contributed by atoms with van der Waals surface area (Å²) in [5.41, 5.74) is 1.96. The van der Waals surface area contributed by atoms with Gasteiger partial charge in [0.05, 0.1) is 18.8 Å². The monoisotopic (exact) mass is 446 g/mol. The SMILES string of the molecule is CCN(CC(=O)Nc1ccc(NC(C)=O)cc1)CC(=O)Nc1ccccc1Br. The smallest absolute Gasteiger partial charge is 0.238 e. The highest BCUT2D eigenvalue weighted by Crippen LogP contribution is 2.21. The van der Waals surface area contributed by atoms with E-state index in [0.717, 1.165) is 4.47 Å². The molecule has 0 heterocycles. The maximum Gasteiger partial charge on any atom is 0.238 e. The van der Waals surface area contributed by atoms with Crippen LogP contribution in [0.2, 0.25) is 0 Å². The van der Waals surface area contributed by atoms with Crippen LogP contribution in [0, 0.1) is 0 Å². The minimum atomic E-state index is -0.220. The normalized spacial score (nSPS) is 10.4. The molecule has 148 valence electrons. The molecule has 7 nitrogen and oxygen atoms in total. The van der Waals surface area contributed by atoms with Gasteiger partial charge < -0.3 is 16.0 Å². The van der Waals surface area contributed by atoms with Gasteiger partial charge in [0.2, 0.25) is 17.7 Å². The summed E-state index contributed by atoms with van der Waals surface area (Å²) in [6, 6.07) is 14.2. The van der Waals surface area contributed by atoms with Crippen LogP contribution >= 0.6 is 15.9 Å². The summed E-state index contributed by atoms with van der Waals surface area (Å²) in [5, 5.41) is 8.28. The summed E-state index contributed by atoms with van der Waals surface area (Å²) in [4.78, 5) is 37.3. The van der Waals surface area contributed by atoms with Crippen LogP contribution in [-0.2, 0) is 14.4 Å². The zero-order valence-electron chi connectivity index (χ0n) is 15.8. The molecule has 0 bridgehead atoms. The lowest BCUT2D eigenvalue weighted by Gasteiger charge is -2.19. The Bertz CT molecular complexity index is 840. The predicted molar refractivity (Wildman–Crippen MR) is 114 cm³/mol. The number of halogens is 1. The molecule has 0 aromatic heterocycles. The number of likely N-dealkylation sites (N-methyl/N-ethyl adjacent to an activating group) is 1. The summed E-state index contributed by atoms with van der Waals surface area (Å²) in [7, 11) is 0. The third kappa shape index (κ3) is 7.13. The van der Waals surface area contributed by atoms with Gasteiger partial charge in [-0.15, -0.1) is 0 Å². The van der Waals surface area contributed by atoms with E-state index in [0.29, 0.717) is 23.6 Å². The van der Waals surface area contributed by atoms with E-state index in [1.807, 2.05) is 25.1 Å². The number of anilines is 3. The van der Waals surface area contributed by atoms with E-state index < -0.39 is 0 Å². The second kappa shape index (κ2) is 10.6. The Morgan fingerprint density at radius 1 is 0.857 bits per heavy atom. The Morgan fingerprint density at radius 3 is 1.93 bits per heavy atom. The van der Waals surface area contributed by atoms with E-state index in [1.54, 1.807) is 35.2 Å². The summed E-state index contributed by atoms with van der Waals surface area (Å²) >= 11 is 3.39. The van der Waals surface area contributed by atoms with Gasteiger partial charge in [0.25, 0.3) is 0 Å². The molecule has 0 saturated heterocycles. The first-order valence-electron chi connectivity index (χ1n) is 8.81. The van der Waals surface area contributed by atoms with Gasteiger partial charge in [0, 0.05) is 22.8 Å². The topological polar surface area (TPSA) is 90.5 Å². The molecule has 0 aliphatic heterocycles. The van der Waals surface area contributed by atoms with Gasteiger partial charge in [-0.25, -0.2) is 0 Å².